The van der Waals surface area contributed by atoms with Crippen LogP contribution in [0.4, 0.5) is 0 Å². The van der Waals surface area contributed by atoms with Gasteiger partial charge in [0.05, 0.1) is 28.9 Å². The molecule has 8 atom stereocenters. The summed E-state index contributed by atoms with van der Waals surface area (Å²) >= 11 is 0. The van der Waals surface area contributed by atoms with Crippen LogP contribution in [0.25, 0.3) is 0 Å². The molecule has 0 amide bonds. The molecule has 4 heterocycles. The van der Waals surface area contributed by atoms with Crippen LogP contribution < -0.4 is 160 Å². The molecule has 22 nitrogen and oxygen atoms in total. The van der Waals surface area contributed by atoms with Crippen molar-refractivity contribution in [3.8, 4) is 0 Å². The van der Waals surface area contributed by atoms with Crippen LogP contribution >= 0.6 is 15.6 Å². The number of ether oxygens (including phenoxy) is 2. The summed E-state index contributed by atoms with van der Waals surface area (Å²) < 4.78 is 41.4. The number of aliphatic hydroxyl groups excluding tert-OH is 4. The first-order valence-corrected chi connectivity index (χ1v) is 14.3. The Morgan fingerprint density at radius 1 is 0.696 bits per heavy atom. The molecule has 2 aromatic rings. The Bertz CT molecular complexity index is 1580. The summed E-state index contributed by atoms with van der Waals surface area (Å²) in [6.07, 6.45) is -10.3. The first kappa shape index (κ1) is 49.5. The van der Waals surface area contributed by atoms with E-state index in [2.05, 4.69) is 9.05 Å². The van der Waals surface area contributed by atoms with E-state index >= 15 is 0 Å². The first-order chi connectivity index (χ1) is 19.5. The number of aliphatic hydroxyl groups is 4. The minimum absolute atomic E-state index is 0. The number of rotatable bonds is 8. The van der Waals surface area contributed by atoms with Crippen molar-refractivity contribution in [2.24, 2.45) is 0 Å². The van der Waals surface area contributed by atoms with Crippen LogP contribution in [-0.4, -0.2) is 89.4 Å². The van der Waals surface area contributed by atoms with E-state index in [1.165, 1.54) is 0 Å². The molecule has 2 aromatic heterocycles. The molecule has 2 saturated heterocycles. The molecule has 4 rings (SSSR count). The normalized spacial score (nSPS) is 27.1. The number of hydrogen-bond donors (Lipinski definition) is 6. The number of aromatic nitrogens is 4. The van der Waals surface area contributed by atoms with Gasteiger partial charge in [-0.3, -0.25) is 28.7 Å². The van der Waals surface area contributed by atoms with Gasteiger partial charge in [-0.1, -0.05) is 0 Å². The molecule has 2 aliphatic rings. The maximum Gasteiger partial charge on any atom is 1.00 e. The Kier molecular flexibility index (Phi) is 22.6. The molecule has 0 aromatic carbocycles. The van der Waals surface area contributed by atoms with E-state index in [4.69, 9.17) is 19.7 Å². The number of nitrogens with zero attached hydrogens (tertiary/aromatic N) is 2. The van der Waals surface area contributed by atoms with Crippen LogP contribution in [0.2, 0.25) is 0 Å². The largest absolute Gasteiger partial charge is 1.00 e. The van der Waals surface area contributed by atoms with Crippen LogP contribution in [0.5, 0.6) is 0 Å². The molecule has 236 valence electrons. The second-order valence-corrected chi connectivity index (χ2v) is 10.8. The van der Waals surface area contributed by atoms with Gasteiger partial charge in [0.25, 0.3) is 11.1 Å². The topological polar surface area (TPSA) is 354 Å². The van der Waals surface area contributed by atoms with Crippen molar-refractivity contribution in [2.75, 3.05) is 13.2 Å². The van der Waals surface area contributed by atoms with Gasteiger partial charge in [-0.15, -0.1) is 0 Å². The van der Waals surface area contributed by atoms with Crippen LogP contribution in [0.1, 0.15) is 12.5 Å². The van der Waals surface area contributed by atoms with Crippen LogP contribution in [0, 0.1) is 0 Å². The third kappa shape index (κ3) is 13.5. The van der Waals surface area contributed by atoms with Crippen molar-refractivity contribution in [3.63, 3.8) is 0 Å². The third-order valence-electron chi connectivity index (χ3n) is 5.73. The van der Waals surface area contributed by atoms with E-state index in [0.717, 1.165) is 33.7 Å². The zero-order valence-electron chi connectivity index (χ0n) is 24.6. The molecule has 28 heteroatoms. The molecule has 0 unspecified atom stereocenters. The summed E-state index contributed by atoms with van der Waals surface area (Å²) in [6.45, 7) is -1.45. The van der Waals surface area contributed by atoms with Crippen LogP contribution in [0.15, 0.2) is 43.7 Å². The summed E-state index contributed by atoms with van der Waals surface area (Å²) in [5.74, 6) is 0. The fraction of sp³-hybridized carbons (Fsp3) is 0.556. The maximum absolute atomic E-state index is 11.6. The van der Waals surface area contributed by atoms with E-state index in [1.54, 1.807) is 0 Å². The number of phosphoric acid groups is 2. The summed E-state index contributed by atoms with van der Waals surface area (Å²) in [5, 5.41) is 37.8. The minimum atomic E-state index is -5.48. The summed E-state index contributed by atoms with van der Waals surface area (Å²) in [4.78, 5) is 91.7. The number of aromatic amines is 2. The Morgan fingerprint density at radius 3 is 1.48 bits per heavy atom. The molecule has 2 fully saturated rings. The smallest absolute Gasteiger partial charge is 0.790 e. The van der Waals surface area contributed by atoms with E-state index in [9.17, 15) is 58.1 Å². The Morgan fingerprint density at radius 2 is 1.09 bits per heavy atom. The Labute approximate surface area is 345 Å². The van der Waals surface area contributed by atoms with Crippen molar-refractivity contribution in [1.29, 1.82) is 0 Å². The van der Waals surface area contributed by atoms with Crippen molar-refractivity contribution in [1.82, 2.24) is 19.1 Å². The number of phosphoric ester groups is 2. The minimum Gasteiger partial charge on any atom is -0.790 e. The zero-order valence-corrected chi connectivity index (χ0v) is 34.4. The predicted molar refractivity (Wildman–Crippen MR) is 122 cm³/mol. The van der Waals surface area contributed by atoms with Crippen LogP contribution in [-0.2, 0) is 27.7 Å². The van der Waals surface area contributed by atoms with Gasteiger partial charge >= 0.3 is 130 Å². The van der Waals surface area contributed by atoms with Gasteiger partial charge in [0.1, 0.15) is 36.6 Å². The molecular formula is C18H22N4Na4O18P2. The van der Waals surface area contributed by atoms with Crippen molar-refractivity contribution in [2.45, 2.75) is 49.1 Å². The first-order valence-electron chi connectivity index (χ1n) is 11.4. The summed E-state index contributed by atoms with van der Waals surface area (Å²) in [6, 6.07) is 1.93. The van der Waals surface area contributed by atoms with Gasteiger partial charge in [-0.05, 0) is 0 Å². The molecule has 2 aliphatic heterocycles. The van der Waals surface area contributed by atoms with E-state index in [0.29, 0.717) is 0 Å². The third-order valence-corrected chi connectivity index (χ3v) is 6.74. The Hall–Kier alpha value is 1.34. The molecule has 46 heavy (non-hydrogen) atoms. The average molecular weight is 736 g/mol. The van der Waals surface area contributed by atoms with Crippen molar-refractivity contribution in [3.05, 3.63) is 66.2 Å². The molecule has 0 radical (unpaired) electrons. The molecule has 0 bridgehead atoms. The Balaban J connectivity index is 0. The summed E-state index contributed by atoms with van der Waals surface area (Å²) in [5.41, 5.74) is -3.27. The fourth-order valence-electron chi connectivity index (χ4n) is 3.99. The molecule has 0 saturated carbocycles. The SMILES string of the molecule is O=c1ccn([C@@H]2O[C@H](CO)[C@@H](O)[C@H]2OP(=O)([O-])[O-])c(=O)[nH]1.O=c1ccn([C@@H]2O[C@H](CO)[C@@H](OP(=O)([O-])[O-])[C@H]2O)c(=O)[nH]1.[Na+].[Na+].[Na+].[Na+]. The maximum atomic E-state index is 11.6. The van der Waals surface area contributed by atoms with Gasteiger partial charge in [-0.25, -0.2) is 9.59 Å². The molecule has 0 aliphatic carbocycles. The second kappa shape index (κ2) is 21.0. The van der Waals surface area contributed by atoms with E-state index in [-0.39, 0.29) is 118 Å². The van der Waals surface area contributed by atoms with Gasteiger partial charge in [0.2, 0.25) is 0 Å². The monoisotopic (exact) mass is 736 g/mol. The van der Waals surface area contributed by atoms with Gasteiger partial charge in [0, 0.05) is 24.5 Å². The standard InChI is InChI=1S/2C9H13N2O9P.4Na/c12-3-4-7(20-21(16,17)18)6(14)8(19-4)11-2-1-5(13)10-9(11)15;12-3-4-6(14)7(20-21(16,17)18)8(19-4)11-2-1-5(13)10-9(11)15;;;;/h2*1-2,4,6-8,12,14H,3H2,(H,10,13,15)(H2,16,17,18);;;;/q;;4*+1/p-4/t2*4-,6-,7-,8-;;;;/m11..../s1. The van der Waals surface area contributed by atoms with Crippen LogP contribution in [0.3, 0.4) is 0 Å². The number of hydrogen-bond acceptors (Lipinski definition) is 18. The fourth-order valence-corrected chi connectivity index (χ4v) is 5.07. The predicted octanol–water partition coefficient (Wildman–Crippen LogP) is -20.0. The quantitative estimate of drug-likeness (QED) is 0.108. The summed E-state index contributed by atoms with van der Waals surface area (Å²) in [7, 11) is -10.9. The number of nitrogens with one attached hydrogen (secondary N) is 2. The zero-order chi connectivity index (χ0) is 31.6. The van der Waals surface area contributed by atoms with E-state index < -0.39 is 100 Å². The second-order valence-electron chi connectivity index (χ2n) is 8.55. The van der Waals surface area contributed by atoms with Crippen molar-refractivity contribution < 1.29 is 186 Å². The molecular weight excluding hydrogens is 714 g/mol. The van der Waals surface area contributed by atoms with Crippen molar-refractivity contribution >= 4 is 15.6 Å². The molecule has 0 spiro atoms. The van der Waals surface area contributed by atoms with Gasteiger partial charge < -0.3 is 67.7 Å². The van der Waals surface area contributed by atoms with Gasteiger partial charge in [-0.2, -0.15) is 0 Å². The number of H-pyrrole nitrogens is 2. The molecule has 6 N–H and O–H groups in total. The average Bonchev–Trinajstić information content (AvgIpc) is 3.33. The van der Waals surface area contributed by atoms with Gasteiger partial charge in [0.15, 0.2) is 12.5 Å². The van der Waals surface area contributed by atoms with E-state index in [1.807, 2.05) is 9.97 Å².